The van der Waals surface area contributed by atoms with Gasteiger partial charge in [0.15, 0.2) is 11.7 Å². The fraction of sp³-hybridized carbons (Fsp3) is 0.429. The van der Waals surface area contributed by atoms with E-state index in [1.807, 2.05) is 0 Å². The molecule has 0 aromatic carbocycles. The number of hydrogen-bond acceptors (Lipinski definition) is 1. The molecule has 0 unspecified atom stereocenters. The maximum atomic E-state index is 13.2. The van der Waals surface area contributed by atoms with Gasteiger partial charge in [-0.15, -0.1) is 0 Å². The summed E-state index contributed by atoms with van der Waals surface area (Å²) in [5.74, 6) is -51.0. The second kappa shape index (κ2) is 10.3. The fourth-order valence-corrected chi connectivity index (χ4v) is 1.42. The molecule has 0 spiro atoms. The molecule has 0 aromatic heterocycles. The van der Waals surface area contributed by atoms with Crippen LogP contribution in [0.25, 0.3) is 0 Å². The van der Waals surface area contributed by atoms with Gasteiger partial charge in [-0.1, -0.05) is 0 Å². The van der Waals surface area contributed by atoms with Crippen LogP contribution in [0.4, 0.5) is 96.6 Å². The van der Waals surface area contributed by atoms with Gasteiger partial charge in [0.2, 0.25) is 35.0 Å². The Morgan fingerprint density at radius 1 is 0.324 bits per heavy atom. The van der Waals surface area contributed by atoms with E-state index in [0.29, 0.717) is 0 Å². The summed E-state index contributed by atoms with van der Waals surface area (Å²) in [5, 5.41) is 0. The van der Waals surface area contributed by atoms with E-state index in [2.05, 4.69) is 0 Å². The van der Waals surface area contributed by atoms with Crippen LogP contribution in [0, 0.1) is 0 Å². The Kier molecular flexibility index (Phi) is 9.54. The Bertz CT molecular complexity index is 921. The number of ether oxygens (including phenoxy) is 1. The molecule has 0 rings (SSSR count). The van der Waals surface area contributed by atoms with Crippen molar-refractivity contribution in [1.29, 1.82) is 0 Å². The quantitative estimate of drug-likeness (QED) is 0.199. The Hall–Kier alpha value is -2.62. The van der Waals surface area contributed by atoms with Crippen LogP contribution in [0.2, 0.25) is 0 Å². The molecule has 0 N–H and O–H groups in total. The number of hydrogen-bond donors (Lipinski definition) is 0. The lowest BCUT2D eigenvalue weighted by Gasteiger charge is -2.22. The zero-order valence-corrected chi connectivity index (χ0v) is 15.7. The van der Waals surface area contributed by atoms with Crippen molar-refractivity contribution in [2.75, 3.05) is 0 Å². The van der Waals surface area contributed by atoms with E-state index in [1.54, 1.807) is 4.74 Å². The molecule has 0 heterocycles. The van der Waals surface area contributed by atoms with Crippen molar-refractivity contribution in [3.63, 3.8) is 0 Å². The Labute approximate surface area is 185 Å². The first-order valence-corrected chi connectivity index (χ1v) is 7.57. The van der Waals surface area contributed by atoms with E-state index in [1.165, 1.54) is 0 Å². The number of allylic oxidation sites excluding steroid dienone is 6. The van der Waals surface area contributed by atoms with E-state index in [4.69, 9.17) is 0 Å². The Morgan fingerprint density at radius 3 is 0.703 bits per heavy atom. The van der Waals surface area contributed by atoms with Crippen molar-refractivity contribution in [2.24, 2.45) is 0 Å². The van der Waals surface area contributed by atoms with Gasteiger partial charge in [-0.2, -0.15) is 70.2 Å². The third-order valence-corrected chi connectivity index (χ3v) is 3.19. The van der Waals surface area contributed by atoms with Gasteiger partial charge in [-0.25, -0.2) is 31.1 Å². The summed E-state index contributed by atoms with van der Waals surface area (Å²) >= 11 is 0. The maximum absolute atomic E-state index is 13.2. The van der Waals surface area contributed by atoms with Crippen molar-refractivity contribution >= 4 is 0 Å². The standard InChI is InChI=1S/C14F22O/c15-1(5(19)9(23,24)13(31,32)33)3(17)7(21)11(27,28)37-12(29,30)8(22)4(18)2(16)6(20)10(25,26)14(34,35)36. The van der Waals surface area contributed by atoms with E-state index in [0.717, 1.165) is 0 Å². The highest BCUT2D eigenvalue weighted by atomic mass is 19.4. The van der Waals surface area contributed by atoms with E-state index < -0.39 is 83.0 Å². The molecule has 0 saturated heterocycles. The minimum absolute atomic E-state index is 1.70. The molecule has 1 nitrogen and oxygen atoms in total. The zero-order valence-electron chi connectivity index (χ0n) is 15.7. The van der Waals surface area contributed by atoms with Crippen LogP contribution in [0.3, 0.4) is 0 Å². The van der Waals surface area contributed by atoms with Crippen molar-refractivity contribution in [3.05, 3.63) is 46.6 Å². The number of alkyl halides is 14. The van der Waals surface area contributed by atoms with Crippen LogP contribution in [0.5, 0.6) is 0 Å². The molecule has 0 aliphatic carbocycles. The highest BCUT2D eigenvalue weighted by Gasteiger charge is 2.64. The minimum atomic E-state index is -7.14. The van der Waals surface area contributed by atoms with Crippen LogP contribution >= 0.6 is 0 Å². The van der Waals surface area contributed by atoms with E-state index in [9.17, 15) is 96.6 Å². The number of rotatable bonds is 8. The summed E-state index contributed by atoms with van der Waals surface area (Å²) in [6, 6.07) is 0. The van der Waals surface area contributed by atoms with Crippen LogP contribution in [-0.2, 0) is 4.74 Å². The molecular weight excluding hydrogens is 602 g/mol. The van der Waals surface area contributed by atoms with Crippen LogP contribution in [0.1, 0.15) is 0 Å². The summed E-state index contributed by atoms with van der Waals surface area (Å²) in [6.45, 7) is 0. The van der Waals surface area contributed by atoms with Gasteiger partial charge in [-0.05, 0) is 0 Å². The average Bonchev–Trinajstić information content (AvgIpc) is 2.72. The lowest BCUT2D eigenvalue weighted by atomic mass is 10.2. The zero-order chi connectivity index (χ0) is 30.3. The molecule has 0 fully saturated rings. The first-order valence-electron chi connectivity index (χ1n) is 7.57. The molecule has 216 valence electrons. The van der Waals surface area contributed by atoms with Gasteiger partial charge in [-0.3, -0.25) is 0 Å². The van der Waals surface area contributed by atoms with Crippen LogP contribution < -0.4 is 0 Å². The van der Waals surface area contributed by atoms with E-state index >= 15 is 0 Å². The summed E-state index contributed by atoms with van der Waals surface area (Å²) < 4.78 is 280. The Morgan fingerprint density at radius 2 is 0.514 bits per heavy atom. The van der Waals surface area contributed by atoms with Gasteiger partial charge in [0.05, 0.1) is 0 Å². The molecule has 0 atom stereocenters. The summed E-state index contributed by atoms with van der Waals surface area (Å²) in [7, 11) is 0. The SMILES string of the molecule is FC(C(F)=C(F)C(F)(F)C(F)(F)F)=C(F)C(F)(F)OC(F)(F)C(F)=C(F)C(F)=C(F)C(F)(F)C(F)(F)F. The van der Waals surface area contributed by atoms with Gasteiger partial charge in [0.25, 0.3) is 0 Å². The van der Waals surface area contributed by atoms with Crippen LogP contribution in [-0.4, -0.2) is 36.4 Å². The molecule has 0 radical (unpaired) electrons. The monoisotopic (exact) mass is 602 g/mol. The second-order valence-corrected chi connectivity index (χ2v) is 5.79. The largest absolute Gasteiger partial charge is 0.460 e. The molecule has 0 aliphatic heterocycles. The molecule has 0 aromatic rings. The predicted octanol–water partition coefficient (Wildman–Crippen LogP) is 9.19. The Balaban J connectivity index is 6.61. The third-order valence-electron chi connectivity index (χ3n) is 3.19. The normalized spacial score (nSPS) is 17.7. The van der Waals surface area contributed by atoms with Crippen LogP contribution in [0.15, 0.2) is 46.6 Å². The second-order valence-electron chi connectivity index (χ2n) is 5.79. The lowest BCUT2D eigenvalue weighted by molar-refractivity contribution is -0.354. The summed E-state index contributed by atoms with van der Waals surface area (Å²) in [6.07, 6.45) is -28.4. The first-order chi connectivity index (χ1) is 16.0. The average molecular weight is 602 g/mol. The maximum Gasteiger partial charge on any atom is 0.460 e. The molecule has 0 amide bonds. The molecule has 0 saturated carbocycles. The first kappa shape index (κ1) is 34.4. The van der Waals surface area contributed by atoms with Crippen molar-refractivity contribution in [1.82, 2.24) is 0 Å². The lowest BCUT2D eigenvalue weighted by Crippen LogP contribution is -2.38. The van der Waals surface area contributed by atoms with Gasteiger partial charge in [0.1, 0.15) is 0 Å². The van der Waals surface area contributed by atoms with Gasteiger partial charge >= 0.3 is 36.4 Å². The summed E-state index contributed by atoms with van der Waals surface area (Å²) in [5.41, 5.74) is 0. The fourth-order valence-electron chi connectivity index (χ4n) is 1.42. The van der Waals surface area contributed by atoms with Crippen molar-refractivity contribution < 1.29 is 101 Å². The molecular formula is C14F22O. The summed E-state index contributed by atoms with van der Waals surface area (Å²) in [4.78, 5) is 0. The predicted molar refractivity (Wildman–Crippen MR) is 70.0 cm³/mol. The highest BCUT2D eigenvalue weighted by Crippen LogP contribution is 2.48. The van der Waals surface area contributed by atoms with Gasteiger partial charge < -0.3 is 0 Å². The molecule has 23 heteroatoms. The van der Waals surface area contributed by atoms with Gasteiger partial charge in [0, 0.05) is 0 Å². The van der Waals surface area contributed by atoms with Crippen molar-refractivity contribution in [3.8, 4) is 0 Å². The minimum Gasteiger partial charge on any atom is -0.243 e. The number of halogens is 22. The molecule has 37 heavy (non-hydrogen) atoms. The topological polar surface area (TPSA) is 9.23 Å². The smallest absolute Gasteiger partial charge is 0.243 e. The highest BCUT2D eigenvalue weighted by molar-refractivity contribution is 5.32. The van der Waals surface area contributed by atoms with E-state index in [-0.39, 0.29) is 0 Å². The molecule has 0 bridgehead atoms. The third kappa shape index (κ3) is 6.83. The molecule has 0 aliphatic rings. The van der Waals surface area contributed by atoms with Crippen molar-refractivity contribution in [2.45, 2.75) is 36.4 Å².